The van der Waals surface area contributed by atoms with E-state index in [1.54, 1.807) is 14.1 Å². The molecule has 0 atom stereocenters. The number of hydrogen-bond donors (Lipinski definition) is 1. The number of carbonyl (C=O) groups excluding carboxylic acids is 2. The van der Waals surface area contributed by atoms with Gasteiger partial charge in [-0.3, -0.25) is 9.59 Å². The zero-order valence-corrected chi connectivity index (χ0v) is 12.4. The molecule has 20 heavy (non-hydrogen) atoms. The summed E-state index contributed by atoms with van der Waals surface area (Å²) in [4.78, 5) is 24.7. The molecule has 0 saturated carbocycles. The Hall–Kier alpha value is -2.36. The third-order valence-electron chi connectivity index (χ3n) is 2.70. The van der Waals surface area contributed by atoms with Crippen molar-refractivity contribution in [2.75, 3.05) is 14.1 Å². The molecular formula is C16H20N2O2. The quantitative estimate of drug-likeness (QED) is 0.855. The van der Waals surface area contributed by atoms with Crippen LogP contribution >= 0.6 is 0 Å². The fourth-order valence-electron chi connectivity index (χ4n) is 1.71. The van der Waals surface area contributed by atoms with Crippen molar-refractivity contribution in [1.29, 1.82) is 0 Å². The topological polar surface area (TPSA) is 49.4 Å². The molecule has 0 spiro atoms. The maximum Gasteiger partial charge on any atom is 0.248 e. The van der Waals surface area contributed by atoms with E-state index in [1.807, 2.05) is 31.2 Å². The van der Waals surface area contributed by atoms with Crippen molar-refractivity contribution in [3.8, 4) is 0 Å². The highest BCUT2D eigenvalue weighted by atomic mass is 16.2. The summed E-state index contributed by atoms with van der Waals surface area (Å²) in [7, 11) is 3.32. The molecule has 0 aliphatic rings. The second-order valence-corrected chi connectivity index (χ2v) is 4.80. The van der Waals surface area contributed by atoms with Gasteiger partial charge in [0.1, 0.15) is 0 Å². The minimum Gasteiger partial charge on any atom is -0.345 e. The molecule has 1 aromatic rings. The van der Waals surface area contributed by atoms with Gasteiger partial charge in [0.15, 0.2) is 0 Å². The first-order valence-electron chi connectivity index (χ1n) is 6.28. The normalized spacial score (nSPS) is 10.9. The van der Waals surface area contributed by atoms with E-state index < -0.39 is 0 Å². The number of nitrogens with one attached hydrogen (secondary N) is 1. The van der Waals surface area contributed by atoms with Crippen LogP contribution in [0.5, 0.6) is 0 Å². The first kappa shape index (κ1) is 15.7. The molecule has 0 heterocycles. The average Bonchev–Trinajstić information content (AvgIpc) is 2.37. The fraction of sp³-hybridized carbons (Fsp3) is 0.250. The van der Waals surface area contributed by atoms with Crippen LogP contribution in [0.25, 0.3) is 11.3 Å². The Morgan fingerprint density at radius 1 is 1.15 bits per heavy atom. The van der Waals surface area contributed by atoms with E-state index in [2.05, 4.69) is 11.9 Å². The molecular weight excluding hydrogens is 252 g/mol. The molecule has 0 radical (unpaired) electrons. The first-order chi connectivity index (χ1) is 9.32. The number of rotatable bonds is 4. The van der Waals surface area contributed by atoms with Crippen molar-refractivity contribution in [1.82, 2.24) is 10.2 Å². The fourth-order valence-corrected chi connectivity index (χ4v) is 1.71. The number of benzene rings is 1. The molecule has 0 aliphatic heterocycles. The van der Waals surface area contributed by atoms with Crippen molar-refractivity contribution in [3.05, 3.63) is 48.0 Å². The van der Waals surface area contributed by atoms with Gasteiger partial charge in [0.05, 0.1) is 5.70 Å². The zero-order chi connectivity index (χ0) is 15.3. The SMILES string of the molecule is C=C(C)c1ccccc1/C(=C/C(=O)N(C)C)NC(C)=O. The smallest absolute Gasteiger partial charge is 0.248 e. The summed E-state index contributed by atoms with van der Waals surface area (Å²) in [5.41, 5.74) is 3.04. The van der Waals surface area contributed by atoms with Crippen LogP contribution < -0.4 is 5.32 Å². The van der Waals surface area contributed by atoms with E-state index in [-0.39, 0.29) is 11.8 Å². The number of likely N-dealkylation sites (N-methyl/N-ethyl adjacent to an activating group) is 1. The molecule has 0 fully saturated rings. The number of nitrogens with zero attached hydrogens (tertiary/aromatic N) is 1. The largest absolute Gasteiger partial charge is 0.345 e. The summed E-state index contributed by atoms with van der Waals surface area (Å²) >= 11 is 0. The molecule has 0 saturated heterocycles. The maximum atomic E-state index is 11.9. The summed E-state index contributed by atoms with van der Waals surface area (Å²) in [6.07, 6.45) is 1.42. The Morgan fingerprint density at radius 2 is 1.70 bits per heavy atom. The first-order valence-corrected chi connectivity index (χ1v) is 6.28. The van der Waals surface area contributed by atoms with Gasteiger partial charge in [-0.1, -0.05) is 36.4 Å². The van der Waals surface area contributed by atoms with Gasteiger partial charge >= 0.3 is 0 Å². The Bertz CT molecular complexity index is 572. The molecule has 0 aliphatic carbocycles. The van der Waals surface area contributed by atoms with E-state index in [0.717, 1.165) is 16.7 Å². The molecule has 0 unspecified atom stereocenters. The summed E-state index contributed by atoms with van der Waals surface area (Å²) < 4.78 is 0. The highest BCUT2D eigenvalue weighted by Gasteiger charge is 2.12. The Kier molecular flexibility index (Phi) is 5.26. The van der Waals surface area contributed by atoms with E-state index in [0.29, 0.717) is 5.70 Å². The van der Waals surface area contributed by atoms with Gasteiger partial charge < -0.3 is 10.2 Å². The highest BCUT2D eigenvalue weighted by molar-refractivity contribution is 5.99. The van der Waals surface area contributed by atoms with Crippen LogP contribution in [-0.2, 0) is 9.59 Å². The van der Waals surface area contributed by atoms with Crippen molar-refractivity contribution in [2.24, 2.45) is 0 Å². The van der Waals surface area contributed by atoms with Crippen LogP contribution in [0.15, 0.2) is 36.9 Å². The second-order valence-electron chi connectivity index (χ2n) is 4.80. The van der Waals surface area contributed by atoms with Gasteiger partial charge in [-0.05, 0) is 12.5 Å². The highest BCUT2D eigenvalue weighted by Crippen LogP contribution is 2.23. The van der Waals surface area contributed by atoms with E-state index in [9.17, 15) is 9.59 Å². The lowest BCUT2D eigenvalue weighted by atomic mass is 9.99. The molecule has 0 bridgehead atoms. The van der Waals surface area contributed by atoms with E-state index in [1.165, 1.54) is 17.9 Å². The molecule has 1 N–H and O–H groups in total. The lowest BCUT2D eigenvalue weighted by Crippen LogP contribution is -2.24. The lowest BCUT2D eigenvalue weighted by molar-refractivity contribution is -0.123. The van der Waals surface area contributed by atoms with E-state index >= 15 is 0 Å². The average molecular weight is 272 g/mol. The predicted octanol–water partition coefficient (Wildman–Crippen LogP) is 2.28. The summed E-state index contributed by atoms with van der Waals surface area (Å²) in [5.74, 6) is -0.412. The molecule has 2 amide bonds. The molecule has 0 aromatic heterocycles. The van der Waals surface area contributed by atoms with Gasteiger partial charge in [-0.2, -0.15) is 0 Å². The standard InChI is InChI=1S/C16H20N2O2/c1-11(2)13-8-6-7-9-14(13)15(17-12(3)19)10-16(20)18(4)5/h6-10H,1H2,2-5H3,(H,17,19)/b15-10-. The van der Waals surface area contributed by atoms with Crippen LogP contribution in [-0.4, -0.2) is 30.8 Å². The van der Waals surface area contributed by atoms with Crippen LogP contribution in [0.2, 0.25) is 0 Å². The third kappa shape index (κ3) is 4.09. The number of hydrogen-bond acceptors (Lipinski definition) is 2. The molecule has 1 aromatic carbocycles. The van der Waals surface area contributed by atoms with Crippen LogP contribution in [0.3, 0.4) is 0 Å². The van der Waals surface area contributed by atoms with Crippen LogP contribution in [0, 0.1) is 0 Å². The van der Waals surface area contributed by atoms with Gasteiger partial charge in [0.25, 0.3) is 0 Å². The summed E-state index contributed by atoms with van der Waals surface area (Å²) in [5, 5.41) is 2.71. The predicted molar refractivity (Wildman–Crippen MR) is 81.6 cm³/mol. The molecule has 4 nitrogen and oxygen atoms in total. The van der Waals surface area contributed by atoms with Crippen molar-refractivity contribution in [3.63, 3.8) is 0 Å². The number of allylic oxidation sites excluding steroid dienone is 1. The van der Waals surface area contributed by atoms with Gasteiger partial charge in [-0.15, -0.1) is 0 Å². The minimum absolute atomic E-state index is 0.190. The minimum atomic E-state index is -0.223. The Morgan fingerprint density at radius 3 is 2.15 bits per heavy atom. The zero-order valence-electron chi connectivity index (χ0n) is 12.4. The summed E-state index contributed by atoms with van der Waals surface area (Å²) in [6, 6.07) is 7.52. The number of amides is 2. The van der Waals surface area contributed by atoms with Crippen molar-refractivity contribution < 1.29 is 9.59 Å². The third-order valence-corrected chi connectivity index (χ3v) is 2.70. The van der Waals surface area contributed by atoms with Gasteiger partial charge in [0.2, 0.25) is 11.8 Å². The molecule has 106 valence electrons. The number of carbonyl (C=O) groups is 2. The van der Waals surface area contributed by atoms with E-state index in [4.69, 9.17) is 0 Å². The van der Waals surface area contributed by atoms with Crippen molar-refractivity contribution >= 4 is 23.1 Å². The Labute approximate surface area is 119 Å². The Balaban J connectivity index is 3.35. The molecule has 4 heteroatoms. The summed E-state index contributed by atoms with van der Waals surface area (Å²) in [6.45, 7) is 7.23. The monoisotopic (exact) mass is 272 g/mol. The molecule has 1 rings (SSSR count). The maximum absolute atomic E-state index is 11.9. The van der Waals surface area contributed by atoms with Crippen LogP contribution in [0.1, 0.15) is 25.0 Å². The van der Waals surface area contributed by atoms with Gasteiger partial charge in [-0.25, -0.2) is 0 Å². The van der Waals surface area contributed by atoms with Crippen molar-refractivity contribution in [2.45, 2.75) is 13.8 Å². The van der Waals surface area contributed by atoms with Crippen LogP contribution in [0.4, 0.5) is 0 Å². The second kappa shape index (κ2) is 6.70. The van der Waals surface area contributed by atoms with Gasteiger partial charge in [0, 0.05) is 32.7 Å². The lowest BCUT2D eigenvalue weighted by Gasteiger charge is -2.15.